The van der Waals surface area contributed by atoms with Crippen LogP contribution in [0, 0.1) is 23.7 Å². The second-order valence-electron chi connectivity index (χ2n) is 16.9. The average molecular weight is 720 g/mol. The minimum atomic E-state index is 0.117. The zero-order valence-electron chi connectivity index (χ0n) is 31.3. The van der Waals surface area contributed by atoms with Gasteiger partial charge in [-0.25, -0.2) is 15.0 Å². The van der Waals surface area contributed by atoms with E-state index in [-0.39, 0.29) is 5.41 Å². The molecule has 56 heavy (non-hydrogen) atoms. The number of hydrogen-bond donors (Lipinski definition) is 0. The molecule has 1 aromatic heterocycles. The van der Waals surface area contributed by atoms with Gasteiger partial charge in [0.25, 0.3) is 0 Å². The summed E-state index contributed by atoms with van der Waals surface area (Å²) in [5, 5.41) is 2.73. The standard InChI is InChI=1S/C53H41N3/c1-3-11-35(12-4-1)50-54-51(36-13-5-2-6-14-36)56-52(55-50)43-20-10-19-39(29-43)37-17-9-18-38(28-37)42-21-22-46-47-30-40-15-7-8-16-41(40)31-49(47)53(48(46)32-42)44-24-33-23-34(26-44)27-45(53)25-33/h1-22,28-34,44-45H,23-27H2. The highest BCUT2D eigenvalue weighted by Crippen LogP contribution is 2.69. The molecule has 13 rings (SSSR count). The molecule has 3 heteroatoms. The first-order chi connectivity index (χ1) is 27.7. The van der Waals surface area contributed by atoms with Gasteiger partial charge in [0.2, 0.25) is 0 Å². The van der Waals surface area contributed by atoms with Crippen molar-refractivity contribution in [2.45, 2.75) is 37.5 Å². The molecule has 4 fully saturated rings. The Morgan fingerprint density at radius 3 is 1.38 bits per heavy atom. The quantitative estimate of drug-likeness (QED) is 0.178. The van der Waals surface area contributed by atoms with Crippen LogP contribution in [0.1, 0.15) is 43.2 Å². The Kier molecular flexibility index (Phi) is 7.11. The molecule has 0 amide bonds. The van der Waals surface area contributed by atoms with Gasteiger partial charge in [0.1, 0.15) is 0 Å². The molecule has 8 aromatic rings. The van der Waals surface area contributed by atoms with Crippen molar-refractivity contribution < 1.29 is 0 Å². The predicted molar refractivity (Wildman–Crippen MR) is 228 cm³/mol. The number of nitrogens with zero attached hydrogens (tertiary/aromatic N) is 3. The van der Waals surface area contributed by atoms with E-state index in [1.807, 2.05) is 36.4 Å². The number of rotatable bonds is 5. The van der Waals surface area contributed by atoms with Gasteiger partial charge < -0.3 is 0 Å². The third-order valence-electron chi connectivity index (χ3n) is 13.9. The lowest BCUT2D eigenvalue weighted by Gasteiger charge is -2.61. The molecule has 0 radical (unpaired) electrons. The van der Waals surface area contributed by atoms with Crippen molar-refractivity contribution in [3.8, 4) is 67.5 Å². The number of benzene rings is 7. The molecule has 0 aliphatic heterocycles. The molecule has 1 spiro atoms. The molecule has 0 atom stereocenters. The highest BCUT2D eigenvalue weighted by Gasteiger charge is 2.61. The fourth-order valence-electron chi connectivity index (χ4n) is 11.7. The first-order valence-electron chi connectivity index (χ1n) is 20.4. The van der Waals surface area contributed by atoms with Crippen LogP contribution in [0.3, 0.4) is 0 Å². The van der Waals surface area contributed by atoms with Crippen LogP contribution in [0.25, 0.3) is 78.3 Å². The minimum Gasteiger partial charge on any atom is -0.208 e. The first-order valence-corrected chi connectivity index (χ1v) is 20.4. The van der Waals surface area contributed by atoms with Gasteiger partial charge in [0.15, 0.2) is 17.5 Å². The largest absolute Gasteiger partial charge is 0.208 e. The second-order valence-corrected chi connectivity index (χ2v) is 16.9. The predicted octanol–water partition coefficient (Wildman–Crippen LogP) is 13.1. The highest BCUT2D eigenvalue weighted by molar-refractivity contribution is 5.95. The van der Waals surface area contributed by atoms with Crippen molar-refractivity contribution in [3.63, 3.8) is 0 Å². The molecule has 1 heterocycles. The van der Waals surface area contributed by atoms with E-state index < -0.39 is 0 Å². The second kappa shape index (κ2) is 12.4. The van der Waals surface area contributed by atoms with Gasteiger partial charge in [0, 0.05) is 22.1 Å². The van der Waals surface area contributed by atoms with Crippen LogP contribution < -0.4 is 0 Å². The number of aromatic nitrogens is 3. The van der Waals surface area contributed by atoms with Crippen molar-refractivity contribution in [2.75, 3.05) is 0 Å². The van der Waals surface area contributed by atoms with E-state index in [1.165, 1.54) is 70.7 Å². The molecule has 5 aliphatic rings. The lowest BCUT2D eigenvalue weighted by atomic mass is 9.43. The third kappa shape index (κ3) is 4.93. The molecule has 5 aliphatic carbocycles. The van der Waals surface area contributed by atoms with Crippen molar-refractivity contribution in [3.05, 3.63) is 175 Å². The molecular weight excluding hydrogens is 679 g/mol. The maximum Gasteiger partial charge on any atom is 0.164 e. The monoisotopic (exact) mass is 719 g/mol. The highest BCUT2D eigenvalue weighted by atomic mass is 15.0. The third-order valence-corrected chi connectivity index (χ3v) is 13.9. The van der Waals surface area contributed by atoms with Gasteiger partial charge in [-0.2, -0.15) is 0 Å². The summed E-state index contributed by atoms with van der Waals surface area (Å²) in [5.74, 6) is 5.30. The molecule has 0 saturated heterocycles. The molecule has 0 unspecified atom stereocenters. The molecule has 3 nitrogen and oxygen atoms in total. The number of fused-ring (bicyclic) bond motifs is 4. The normalized spacial score (nSPS) is 22.7. The van der Waals surface area contributed by atoms with E-state index in [9.17, 15) is 0 Å². The molecule has 4 saturated carbocycles. The van der Waals surface area contributed by atoms with E-state index >= 15 is 0 Å². The van der Waals surface area contributed by atoms with Crippen LogP contribution in [0.15, 0.2) is 164 Å². The van der Waals surface area contributed by atoms with Crippen LogP contribution >= 0.6 is 0 Å². The number of hydrogen-bond acceptors (Lipinski definition) is 3. The Bertz CT molecular complexity index is 2740. The molecular formula is C53H41N3. The zero-order chi connectivity index (χ0) is 36.8. The van der Waals surface area contributed by atoms with E-state index in [0.29, 0.717) is 17.5 Å². The SMILES string of the molecule is c1ccc(-c2nc(-c3ccccc3)nc(-c3cccc(-c4cccc(-c5ccc6c(c5)C5(c7cc8ccccc8cc7-6)C6CC7CC(C6)CC5C7)c4)c3)n2)cc1. The van der Waals surface area contributed by atoms with Gasteiger partial charge in [-0.3, -0.25) is 0 Å². The van der Waals surface area contributed by atoms with Crippen LogP contribution in [-0.2, 0) is 5.41 Å². The van der Waals surface area contributed by atoms with E-state index in [2.05, 4.69) is 127 Å². The van der Waals surface area contributed by atoms with E-state index in [0.717, 1.165) is 45.9 Å². The fraction of sp³-hybridized carbons (Fsp3) is 0.189. The first kappa shape index (κ1) is 32.1. The summed E-state index contributed by atoms with van der Waals surface area (Å²) in [5.41, 5.74) is 14.1. The summed E-state index contributed by atoms with van der Waals surface area (Å²) < 4.78 is 0. The Morgan fingerprint density at radius 2 is 0.786 bits per heavy atom. The Hall–Kier alpha value is -6.19. The molecule has 4 bridgehead atoms. The zero-order valence-corrected chi connectivity index (χ0v) is 31.3. The maximum atomic E-state index is 5.02. The minimum absolute atomic E-state index is 0.117. The maximum absolute atomic E-state index is 5.02. The summed E-state index contributed by atoms with van der Waals surface area (Å²) in [6.45, 7) is 0. The van der Waals surface area contributed by atoms with Crippen molar-refractivity contribution in [1.82, 2.24) is 15.0 Å². The van der Waals surface area contributed by atoms with Crippen molar-refractivity contribution >= 4 is 10.8 Å². The summed E-state index contributed by atoms with van der Waals surface area (Å²) >= 11 is 0. The summed E-state index contributed by atoms with van der Waals surface area (Å²) in [7, 11) is 0. The fourth-order valence-corrected chi connectivity index (χ4v) is 11.7. The van der Waals surface area contributed by atoms with Crippen molar-refractivity contribution in [1.29, 1.82) is 0 Å². The van der Waals surface area contributed by atoms with Gasteiger partial charge >= 0.3 is 0 Å². The Labute approximate surface area is 328 Å². The summed E-state index contributed by atoms with van der Waals surface area (Å²) in [6, 6.07) is 59.7. The van der Waals surface area contributed by atoms with Crippen LogP contribution in [0.5, 0.6) is 0 Å². The Balaban J connectivity index is 0.953. The molecule has 7 aromatic carbocycles. The van der Waals surface area contributed by atoms with Crippen LogP contribution in [0.2, 0.25) is 0 Å². The smallest absolute Gasteiger partial charge is 0.164 e. The van der Waals surface area contributed by atoms with Crippen LogP contribution in [0.4, 0.5) is 0 Å². The average Bonchev–Trinajstić information content (AvgIpc) is 3.54. The molecule has 268 valence electrons. The lowest BCUT2D eigenvalue weighted by Crippen LogP contribution is -2.55. The summed E-state index contributed by atoms with van der Waals surface area (Å²) in [4.78, 5) is 14.9. The Morgan fingerprint density at radius 1 is 0.339 bits per heavy atom. The molecule has 0 N–H and O–H groups in total. The van der Waals surface area contributed by atoms with Gasteiger partial charge in [0.05, 0.1) is 0 Å². The summed E-state index contributed by atoms with van der Waals surface area (Å²) in [6.07, 6.45) is 7.00. The topological polar surface area (TPSA) is 38.7 Å². The van der Waals surface area contributed by atoms with E-state index in [1.54, 1.807) is 11.1 Å². The van der Waals surface area contributed by atoms with Gasteiger partial charge in [-0.1, -0.05) is 133 Å². The lowest BCUT2D eigenvalue weighted by molar-refractivity contribution is -0.0398. The van der Waals surface area contributed by atoms with Crippen molar-refractivity contribution in [2.24, 2.45) is 23.7 Å². The van der Waals surface area contributed by atoms with Crippen LogP contribution in [-0.4, -0.2) is 15.0 Å². The van der Waals surface area contributed by atoms with Gasteiger partial charge in [-0.15, -0.1) is 0 Å². The van der Waals surface area contributed by atoms with E-state index in [4.69, 9.17) is 15.0 Å². The van der Waals surface area contributed by atoms with Gasteiger partial charge in [-0.05, 0) is 141 Å².